The van der Waals surface area contributed by atoms with Gasteiger partial charge in [-0.2, -0.15) is 0 Å². The highest BCUT2D eigenvalue weighted by molar-refractivity contribution is 5.82. The predicted molar refractivity (Wildman–Crippen MR) is 152 cm³/mol. The van der Waals surface area contributed by atoms with E-state index in [9.17, 15) is 15.0 Å². The van der Waals surface area contributed by atoms with Gasteiger partial charge < -0.3 is 29.5 Å². The number of fused-ring (bicyclic) bond motifs is 4. The molecule has 0 spiro atoms. The summed E-state index contributed by atoms with van der Waals surface area (Å²) in [6, 6.07) is 0. The maximum Gasteiger partial charge on any atom is 0.331 e. The van der Waals surface area contributed by atoms with Crippen LogP contribution in [0.5, 0.6) is 0 Å². The Bertz CT molecular complexity index is 906. The Morgan fingerprint density at radius 2 is 1.82 bits per heavy atom. The summed E-state index contributed by atoms with van der Waals surface area (Å²) < 4.78 is 18.6. The summed E-state index contributed by atoms with van der Waals surface area (Å²) in [6.45, 7) is 6.03. The highest BCUT2D eigenvalue weighted by Gasteiger charge is 2.49. The highest BCUT2D eigenvalue weighted by atomic mass is 16.6. The zero-order valence-electron chi connectivity index (χ0n) is 23.7. The van der Waals surface area contributed by atoms with E-state index in [0.29, 0.717) is 38.0 Å². The van der Waals surface area contributed by atoms with Crippen LogP contribution in [-0.2, 0) is 19.0 Å². The van der Waals surface area contributed by atoms with Gasteiger partial charge >= 0.3 is 5.97 Å². The number of hydrogen-bond donors (Lipinski definition) is 3. The van der Waals surface area contributed by atoms with Crippen molar-refractivity contribution in [3.63, 3.8) is 0 Å². The Labute approximate surface area is 233 Å². The van der Waals surface area contributed by atoms with Crippen molar-refractivity contribution in [1.29, 1.82) is 0 Å². The summed E-state index contributed by atoms with van der Waals surface area (Å²) in [5, 5.41) is 30.1. The van der Waals surface area contributed by atoms with Crippen molar-refractivity contribution in [2.45, 2.75) is 102 Å². The van der Waals surface area contributed by atoms with Crippen LogP contribution < -0.4 is 0 Å². The van der Waals surface area contributed by atoms with Gasteiger partial charge in [-0.15, -0.1) is 0 Å². The van der Waals surface area contributed by atoms with Gasteiger partial charge in [0.1, 0.15) is 6.10 Å². The number of ether oxygens (including phenoxy) is 3. The molecule has 1 unspecified atom stereocenters. The van der Waals surface area contributed by atoms with Crippen LogP contribution in [0.15, 0.2) is 60.8 Å². The van der Waals surface area contributed by atoms with Crippen molar-refractivity contribution in [1.82, 2.24) is 0 Å². The third-order valence-corrected chi connectivity index (χ3v) is 8.30. The van der Waals surface area contributed by atoms with Crippen LogP contribution in [-0.4, -0.2) is 71.1 Å². The van der Waals surface area contributed by atoms with E-state index >= 15 is 0 Å². The van der Waals surface area contributed by atoms with Crippen molar-refractivity contribution in [3.05, 3.63) is 60.8 Å². The van der Waals surface area contributed by atoms with Crippen molar-refractivity contribution in [2.75, 3.05) is 13.2 Å². The molecular weight excluding hydrogens is 496 g/mol. The second-order valence-corrected chi connectivity index (χ2v) is 11.5. The lowest BCUT2D eigenvalue weighted by Gasteiger charge is -2.47. The van der Waals surface area contributed by atoms with E-state index in [0.717, 1.165) is 12.8 Å². The largest absolute Gasteiger partial charge is 0.458 e. The fourth-order valence-electron chi connectivity index (χ4n) is 5.62. The molecule has 2 saturated heterocycles. The number of aliphatic hydroxyl groups is 3. The molecule has 2 fully saturated rings. The van der Waals surface area contributed by atoms with E-state index < -0.39 is 17.5 Å². The van der Waals surface area contributed by atoms with Gasteiger partial charge in [-0.25, -0.2) is 4.79 Å². The lowest BCUT2D eigenvalue weighted by molar-refractivity contribution is -0.198. The molecule has 0 amide bonds. The molecule has 0 aliphatic carbocycles. The molecule has 0 aromatic carbocycles. The molecule has 3 aliphatic rings. The molecule has 3 N–H and O–H groups in total. The summed E-state index contributed by atoms with van der Waals surface area (Å²) in [7, 11) is 0. The van der Waals surface area contributed by atoms with Crippen molar-refractivity contribution in [2.24, 2.45) is 17.3 Å². The number of carbonyl (C=O) groups excluding carboxylic acids is 1. The number of aliphatic hydroxyl groups excluding tert-OH is 3. The molecule has 7 heteroatoms. The Balaban J connectivity index is 1.80. The molecule has 4 bridgehead atoms. The fourth-order valence-corrected chi connectivity index (χ4v) is 5.62. The molecule has 0 saturated carbocycles. The zero-order chi connectivity index (χ0) is 28.3. The summed E-state index contributed by atoms with van der Waals surface area (Å²) >= 11 is 0. The van der Waals surface area contributed by atoms with Gasteiger partial charge in [-0.05, 0) is 38.0 Å². The normalized spacial score (nSPS) is 41.8. The minimum Gasteiger partial charge on any atom is -0.458 e. The number of esters is 1. The second kappa shape index (κ2) is 15.7. The van der Waals surface area contributed by atoms with Crippen LogP contribution in [0.4, 0.5) is 0 Å². The first-order chi connectivity index (χ1) is 18.8. The van der Waals surface area contributed by atoms with E-state index in [2.05, 4.69) is 32.1 Å². The quantitative estimate of drug-likeness (QED) is 0.344. The third kappa shape index (κ3) is 9.25. The molecule has 9 atom stereocenters. The van der Waals surface area contributed by atoms with E-state index in [4.69, 9.17) is 19.3 Å². The lowest BCUT2D eigenvalue weighted by atomic mass is 9.73. The molecule has 39 heavy (non-hydrogen) atoms. The first-order valence-electron chi connectivity index (χ1n) is 14.5. The molecule has 3 aliphatic heterocycles. The summed E-state index contributed by atoms with van der Waals surface area (Å²) in [6.07, 6.45) is 21.9. The maximum absolute atomic E-state index is 12.8. The van der Waals surface area contributed by atoms with Gasteiger partial charge in [0.25, 0.3) is 0 Å². The first-order valence-corrected chi connectivity index (χ1v) is 14.5. The van der Waals surface area contributed by atoms with Gasteiger partial charge in [0, 0.05) is 31.4 Å². The Kier molecular flexibility index (Phi) is 12.7. The number of allylic oxidation sites excluding steroid dienone is 5. The van der Waals surface area contributed by atoms with Crippen LogP contribution in [0.3, 0.4) is 0 Å². The minimum atomic E-state index is -0.771. The van der Waals surface area contributed by atoms with Crippen molar-refractivity contribution >= 4 is 5.97 Å². The third-order valence-electron chi connectivity index (χ3n) is 8.30. The average Bonchev–Trinajstić information content (AvgIpc) is 2.90. The lowest BCUT2D eigenvalue weighted by Crippen LogP contribution is -2.55. The topological polar surface area (TPSA) is 105 Å². The Morgan fingerprint density at radius 3 is 2.59 bits per heavy atom. The molecule has 218 valence electrons. The van der Waals surface area contributed by atoms with Crippen LogP contribution in [0.1, 0.15) is 65.7 Å². The molecule has 0 radical (unpaired) electrons. The predicted octanol–water partition coefficient (Wildman–Crippen LogP) is 4.58. The van der Waals surface area contributed by atoms with E-state index in [1.54, 1.807) is 6.08 Å². The van der Waals surface area contributed by atoms with E-state index in [1.807, 2.05) is 37.3 Å². The summed E-state index contributed by atoms with van der Waals surface area (Å²) in [4.78, 5) is 12.8. The average molecular weight is 545 g/mol. The highest BCUT2D eigenvalue weighted by Crippen LogP contribution is 2.41. The van der Waals surface area contributed by atoms with Crippen LogP contribution in [0.2, 0.25) is 0 Å². The molecule has 3 rings (SSSR count). The van der Waals surface area contributed by atoms with Gasteiger partial charge in [0.15, 0.2) is 0 Å². The molecular formula is C32H48O7. The monoisotopic (exact) mass is 544 g/mol. The summed E-state index contributed by atoms with van der Waals surface area (Å²) in [5.74, 6) is -0.0649. The Morgan fingerprint density at radius 1 is 1.03 bits per heavy atom. The standard InChI is InChI=1S/C32H48O7/c1-23-13-7-4-8-15-26-21-30(32(3,22-34)29(38-26)16-10-6-12-18-33)39-31(36)17-11-5-9-14-25-20-27(35)24(2)28(19-23)37-25/h5-11,13,15,17,23-30,33-35H,4,12,14,16,18-22H2,1-3H3/b9-5+,10-6-,13-7+,15-8+,17-11+/t23?,24-,25+,26-,27+,28-,29+,30-,32+/m1/s1. The smallest absolute Gasteiger partial charge is 0.331 e. The maximum atomic E-state index is 12.8. The van der Waals surface area contributed by atoms with E-state index in [-0.39, 0.29) is 49.7 Å². The number of hydrogen-bond acceptors (Lipinski definition) is 7. The number of carbonyl (C=O) groups is 1. The Hall–Kier alpha value is -2.03. The van der Waals surface area contributed by atoms with E-state index in [1.165, 1.54) is 6.08 Å². The fraction of sp³-hybridized carbons (Fsp3) is 0.656. The van der Waals surface area contributed by atoms with Crippen molar-refractivity contribution in [3.8, 4) is 0 Å². The minimum absolute atomic E-state index is 0.00442. The molecule has 0 aromatic rings. The van der Waals surface area contributed by atoms with Crippen LogP contribution in [0, 0.1) is 17.3 Å². The zero-order valence-corrected chi connectivity index (χ0v) is 23.7. The van der Waals surface area contributed by atoms with Gasteiger partial charge in [0.2, 0.25) is 0 Å². The van der Waals surface area contributed by atoms with Crippen LogP contribution in [0.25, 0.3) is 0 Å². The summed E-state index contributed by atoms with van der Waals surface area (Å²) in [5.41, 5.74) is -0.771. The van der Waals surface area contributed by atoms with Gasteiger partial charge in [0.05, 0.1) is 42.5 Å². The van der Waals surface area contributed by atoms with Gasteiger partial charge in [-0.3, -0.25) is 0 Å². The second-order valence-electron chi connectivity index (χ2n) is 11.5. The molecule has 7 nitrogen and oxygen atoms in total. The molecule has 3 heterocycles. The number of rotatable bonds is 5. The molecule has 0 aromatic heterocycles. The van der Waals surface area contributed by atoms with Crippen LogP contribution >= 0.6 is 0 Å². The SMILES string of the molecule is CC1/C=C/C/C=C/[C@@H]2C[C@@H](OC(=O)/C=C/C=C/C[C@H]3C[C@H](O)[C@@H](C)[C@@H](C1)O3)[C@@](C)(CO)[C@H](C/C=C\CCO)O2. The van der Waals surface area contributed by atoms with Crippen molar-refractivity contribution < 1.29 is 34.3 Å². The first kappa shape index (κ1) is 31.5. The van der Waals surface area contributed by atoms with Gasteiger partial charge in [-0.1, -0.05) is 75.5 Å².